The van der Waals surface area contributed by atoms with Crippen molar-refractivity contribution in [3.05, 3.63) is 17.2 Å². The number of rotatable bonds is 3. The summed E-state index contributed by atoms with van der Waals surface area (Å²) < 4.78 is 16.6. The Kier molecular flexibility index (Phi) is 3.50. The highest BCUT2D eigenvalue weighted by Crippen LogP contribution is 2.46. The topological polar surface area (TPSA) is 39.7 Å². The van der Waals surface area contributed by atoms with Gasteiger partial charge < -0.3 is 19.5 Å². The highest BCUT2D eigenvalue weighted by molar-refractivity contribution is 5.58. The van der Waals surface area contributed by atoms with Crippen molar-refractivity contribution in [1.82, 2.24) is 5.32 Å². The van der Waals surface area contributed by atoms with Gasteiger partial charge in [0.1, 0.15) is 5.75 Å². The molecule has 1 fully saturated rings. The Balaban J connectivity index is 2.08. The van der Waals surface area contributed by atoms with Gasteiger partial charge >= 0.3 is 0 Å². The predicted octanol–water partition coefficient (Wildman–Crippen LogP) is 2.67. The van der Waals surface area contributed by atoms with Crippen LogP contribution >= 0.6 is 0 Å². The van der Waals surface area contributed by atoms with E-state index in [1.54, 1.807) is 21.3 Å². The quantitative estimate of drug-likeness (QED) is 0.922. The summed E-state index contributed by atoms with van der Waals surface area (Å²) in [5.41, 5.74) is 2.73. The van der Waals surface area contributed by atoms with E-state index in [1.807, 2.05) is 6.07 Å². The fraction of sp³-hybridized carbons (Fsp3) is 0.625. The third-order valence-electron chi connectivity index (χ3n) is 4.78. The number of nitrogens with one attached hydrogen (secondary N) is 1. The van der Waals surface area contributed by atoms with E-state index in [4.69, 9.17) is 14.2 Å². The van der Waals surface area contributed by atoms with Gasteiger partial charge in [0.25, 0.3) is 0 Å². The van der Waals surface area contributed by atoms with Crippen molar-refractivity contribution in [3.63, 3.8) is 0 Å². The Labute approximate surface area is 120 Å². The first kappa shape index (κ1) is 13.6. The Hall–Kier alpha value is -1.42. The van der Waals surface area contributed by atoms with Crippen LogP contribution < -0.4 is 19.5 Å². The van der Waals surface area contributed by atoms with Crippen molar-refractivity contribution < 1.29 is 14.2 Å². The van der Waals surface area contributed by atoms with E-state index >= 15 is 0 Å². The SMILES string of the molecule is COc1cc(OC)c(OC)c2c1CC1(CCCC1)NC2. The van der Waals surface area contributed by atoms with Gasteiger partial charge in [0.2, 0.25) is 0 Å². The highest BCUT2D eigenvalue weighted by Gasteiger charge is 2.39. The van der Waals surface area contributed by atoms with Crippen LogP contribution in [0.5, 0.6) is 17.2 Å². The zero-order valence-corrected chi connectivity index (χ0v) is 12.5. The third kappa shape index (κ3) is 2.03. The first-order valence-corrected chi connectivity index (χ1v) is 7.29. The van der Waals surface area contributed by atoms with Gasteiger partial charge in [-0.1, -0.05) is 12.8 Å². The molecule has 0 amide bonds. The van der Waals surface area contributed by atoms with Crippen LogP contribution in [0.15, 0.2) is 6.07 Å². The van der Waals surface area contributed by atoms with Gasteiger partial charge in [-0.15, -0.1) is 0 Å². The molecule has 1 heterocycles. The van der Waals surface area contributed by atoms with Gasteiger partial charge in [-0.25, -0.2) is 0 Å². The van der Waals surface area contributed by atoms with Crippen LogP contribution in [0.2, 0.25) is 0 Å². The molecule has 0 radical (unpaired) electrons. The molecule has 0 saturated heterocycles. The first-order valence-electron chi connectivity index (χ1n) is 7.29. The normalized spacial score (nSPS) is 19.8. The standard InChI is InChI=1S/C16H23NO3/c1-18-13-8-14(19-2)15(20-3)12-10-17-16(9-11(12)13)6-4-5-7-16/h8,17H,4-7,9-10H2,1-3H3. The smallest absolute Gasteiger partial charge is 0.165 e. The van der Waals surface area contributed by atoms with Crippen LogP contribution in [0.25, 0.3) is 0 Å². The molecule has 1 spiro atoms. The van der Waals surface area contributed by atoms with Crippen LogP contribution in [0, 0.1) is 0 Å². The summed E-state index contributed by atoms with van der Waals surface area (Å²) in [5, 5.41) is 3.74. The number of fused-ring (bicyclic) bond motifs is 1. The molecule has 20 heavy (non-hydrogen) atoms. The molecular weight excluding hydrogens is 254 g/mol. The molecule has 0 aromatic heterocycles. The Bertz CT molecular complexity index is 507. The van der Waals surface area contributed by atoms with Crippen LogP contribution in [-0.4, -0.2) is 26.9 Å². The fourth-order valence-electron chi connectivity index (χ4n) is 3.73. The van der Waals surface area contributed by atoms with Gasteiger partial charge in [-0.3, -0.25) is 0 Å². The summed E-state index contributed by atoms with van der Waals surface area (Å²) in [5.74, 6) is 2.50. The molecule has 1 aromatic rings. The minimum Gasteiger partial charge on any atom is -0.496 e. The summed E-state index contributed by atoms with van der Waals surface area (Å²) in [4.78, 5) is 0. The molecule has 0 unspecified atom stereocenters. The minimum absolute atomic E-state index is 0.264. The molecule has 4 heteroatoms. The number of methoxy groups -OCH3 is 3. The van der Waals surface area contributed by atoms with E-state index in [2.05, 4.69) is 5.32 Å². The maximum atomic E-state index is 5.59. The molecule has 0 atom stereocenters. The molecule has 110 valence electrons. The maximum Gasteiger partial charge on any atom is 0.165 e. The number of hydrogen-bond acceptors (Lipinski definition) is 4. The van der Waals surface area contributed by atoms with E-state index in [9.17, 15) is 0 Å². The summed E-state index contributed by atoms with van der Waals surface area (Å²) in [7, 11) is 5.09. The number of hydrogen-bond donors (Lipinski definition) is 1. The van der Waals surface area contributed by atoms with E-state index in [0.717, 1.165) is 30.2 Å². The zero-order valence-electron chi connectivity index (χ0n) is 12.5. The van der Waals surface area contributed by atoms with E-state index in [0.29, 0.717) is 0 Å². The summed E-state index contributed by atoms with van der Waals surface area (Å²) >= 11 is 0. The second kappa shape index (κ2) is 5.17. The van der Waals surface area contributed by atoms with Crippen molar-refractivity contribution in [2.45, 2.75) is 44.2 Å². The lowest BCUT2D eigenvalue weighted by atomic mass is 9.82. The molecular formula is C16H23NO3. The van der Waals surface area contributed by atoms with Crippen molar-refractivity contribution in [1.29, 1.82) is 0 Å². The fourth-order valence-corrected chi connectivity index (χ4v) is 3.73. The average molecular weight is 277 g/mol. The van der Waals surface area contributed by atoms with Crippen molar-refractivity contribution in [2.75, 3.05) is 21.3 Å². The van der Waals surface area contributed by atoms with Gasteiger partial charge in [0, 0.05) is 29.3 Å². The zero-order chi connectivity index (χ0) is 14.2. The van der Waals surface area contributed by atoms with Crippen LogP contribution in [-0.2, 0) is 13.0 Å². The van der Waals surface area contributed by atoms with E-state index in [1.165, 1.54) is 36.8 Å². The molecule has 1 N–H and O–H groups in total. The second-order valence-electron chi connectivity index (χ2n) is 5.79. The summed E-state index contributed by atoms with van der Waals surface area (Å²) in [6, 6.07) is 1.95. The monoisotopic (exact) mass is 277 g/mol. The van der Waals surface area contributed by atoms with E-state index in [-0.39, 0.29) is 5.54 Å². The van der Waals surface area contributed by atoms with Crippen LogP contribution in [0.3, 0.4) is 0 Å². The first-order chi connectivity index (χ1) is 9.73. The van der Waals surface area contributed by atoms with Crippen LogP contribution in [0.4, 0.5) is 0 Å². The molecule has 0 bridgehead atoms. The lowest BCUT2D eigenvalue weighted by molar-refractivity contribution is 0.287. The van der Waals surface area contributed by atoms with E-state index < -0.39 is 0 Å². The average Bonchev–Trinajstić information content (AvgIpc) is 2.93. The molecule has 1 aromatic carbocycles. The molecule has 3 rings (SSSR count). The summed E-state index contributed by atoms with van der Waals surface area (Å²) in [6.07, 6.45) is 6.16. The van der Waals surface area contributed by atoms with Gasteiger partial charge in [-0.05, 0) is 19.3 Å². The van der Waals surface area contributed by atoms with Crippen LogP contribution in [0.1, 0.15) is 36.8 Å². The third-order valence-corrected chi connectivity index (χ3v) is 4.78. The van der Waals surface area contributed by atoms with Crippen molar-refractivity contribution in [2.24, 2.45) is 0 Å². The molecule has 1 saturated carbocycles. The predicted molar refractivity (Wildman–Crippen MR) is 77.8 cm³/mol. The Morgan fingerprint density at radius 1 is 0.950 bits per heavy atom. The van der Waals surface area contributed by atoms with Crippen molar-refractivity contribution >= 4 is 0 Å². The van der Waals surface area contributed by atoms with Gasteiger partial charge in [-0.2, -0.15) is 0 Å². The van der Waals surface area contributed by atoms with Gasteiger partial charge in [0.05, 0.1) is 21.3 Å². The molecule has 2 aliphatic rings. The Morgan fingerprint density at radius 2 is 1.65 bits per heavy atom. The molecule has 1 aliphatic heterocycles. The minimum atomic E-state index is 0.264. The molecule has 1 aliphatic carbocycles. The maximum absolute atomic E-state index is 5.59. The lowest BCUT2D eigenvalue weighted by Gasteiger charge is -2.37. The van der Waals surface area contributed by atoms with Crippen molar-refractivity contribution in [3.8, 4) is 17.2 Å². The second-order valence-corrected chi connectivity index (χ2v) is 5.79. The highest BCUT2D eigenvalue weighted by atomic mass is 16.5. The molecule has 4 nitrogen and oxygen atoms in total. The van der Waals surface area contributed by atoms with Gasteiger partial charge in [0.15, 0.2) is 11.5 Å². The summed E-state index contributed by atoms with van der Waals surface area (Å²) in [6.45, 7) is 0.825. The lowest BCUT2D eigenvalue weighted by Crippen LogP contribution is -2.47. The number of ether oxygens (including phenoxy) is 3. The number of benzene rings is 1. The largest absolute Gasteiger partial charge is 0.496 e. The Morgan fingerprint density at radius 3 is 2.25 bits per heavy atom.